The summed E-state index contributed by atoms with van der Waals surface area (Å²) in [6.45, 7) is 1.71. The van der Waals surface area contributed by atoms with E-state index < -0.39 is 28.6 Å². The molecule has 162 valence electrons. The molecule has 0 radical (unpaired) electrons. The first kappa shape index (κ1) is 20.1. The number of benzene rings is 2. The van der Waals surface area contributed by atoms with Gasteiger partial charge in [-0.25, -0.2) is 4.99 Å². The lowest BCUT2D eigenvalue weighted by atomic mass is 9.81. The van der Waals surface area contributed by atoms with Gasteiger partial charge in [0.2, 0.25) is 5.72 Å². The van der Waals surface area contributed by atoms with E-state index in [0.717, 1.165) is 0 Å². The van der Waals surface area contributed by atoms with Crippen molar-refractivity contribution in [3.05, 3.63) is 89.5 Å². The number of fused-ring (bicyclic) bond motifs is 6. The Morgan fingerprint density at radius 2 is 2.00 bits per heavy atom. The molecule has 2 unspecified atom stereocenters. The van der Waals surface area contributed by atoms with Crippen molar-refractivity contribution in [2.24, 2.45) is 10.9 Å². The number of nitro groups is 1. The third-order valence-corrected chi connectivity index (χ3v) is 6.72. The predicted octanol–water partition coefficient (Wildman–Crippen LogP) is 1.77. The summed E-state index contributed by atoms with van der Waals surface area (Å²) in [5.74, 6) is -0.789. The molecule has 2 bridgehead atoms. The molecule has 0 aliphatic carbocycles. The highest BCUT2D eigenvalue weighted by Gasteiger charge is 2.55. The van der Waals surface area contributed by atoms with Crippen LogP contribution >= 0.6 is 11.3 Å². The van der Waals surface area contributed by atoms with Gasteiger partial charge in [-0.05, 0) is 36.8 Å². The molecule has 0 amide bonds. The lowest BCUT2D eigenvalue weighted by molar-refractivity contribution is -0.384. The molecule has 2 aliphatic heterocycles. The average Bonchev–Trinajstić information content (AvgIpc) is 3.06. The molecule has 0 N–H and O–H groups in total. The highest BCUT2D eigenvalue weighted by molar-refractivity contribution is 7.07. The second kappa shape index (κ2) is 7.13. The first-order valence-electron chi connectivity index (χ1n) is 9.75. The molecule has 32 heavy (non-hydrogen) atoms. The number of thiazole rings is 1. The van der Waals surface area contributed by atoms with E-state index in [0.29, 0.717) is 26.2 Å². The standard InChI is InChI=1S/C22H17N3O6S/c1-22-17(20(27)30-2)18(14-5-3-4-6-15(14)31-22)24-19(26)16(32-21(24)23-22)11-12-7-9-13(10-8-12)25(28)29/h3-11,17-18H,1-2H3/b16-11+/t17?,18?,22-/m0/s1. The summed E-state index contributed by atoms with van der Waals surface area (Å²) < 4.78 is 13.1. The van der Waals surface area contributed by atoms with Crippen LogP contribution in [0.15, 0.2) is 58.3 Å². The molecule has 0 fully saturated rings. The molecule has 3 aromatic rings. The number of nitrogens with zero attached hydrogens (tertiary/aromatic N) is 3. The summed E-state index contributed by atoms with van der Waals surface area (Å²) in [5.41, 5.74) is -0.213. The summed E-state index contributed by atoms with van der Waals surface area (Å²) in [7, 11) is 1.30. The van der Waals surface area contributed by atoms with Crippen LogP contribution < -0.4 is 19.6 Å². The Bertz CT molecular complexity index is 1440. The third-order valence-electron chi connectivity index (χ3n) is 5.74. The lowest BCUT2D eigenvalue weighted by Crippen LogP contribution is -2.58. The Labute approximate surface area is 185 Å². The van der Waals surface area contributed by atoms with Crippen LogP contribution in [0.3, 0.4) is 0 Å². The van der Waals surface area contributed by atoms with Crippen molar-refractivity contribution in [2.75, 3.05) is 7.11 Å². The topological polar surface area (TPSA) is 113 Å². The quantitative estimate of drug-likeness (QED) is 0.341. The Hall–Kier alpha value is -3.79. The molecule has 10 heteroatoms. The first-order chi connectivity index (χ1) is 15.3. The van der Waals surface area contributed by atoms with E-state index >= 15 is 0 Å². The van der Waals surface area contributed by atoms with Crippen molar-refractivity contribution in [3.8, 4) is 5.75 Å². The number of methoxy groups -OCH3 is 1. The third kappa shape index (κ3) is 2.94. The van der Waals surface area contributed by atoms with E-state index in [2.05, 4.69) is 4.99 Å². The van der Waals surface area contributed by atoms with E-state index in [4.69, 9.17) is 9.47 Å². The summed E-state index contributed by atoms with van der Waals surface area (Å²) in [6.07, 6.45) is 1.66. The predicted molar refractivity (Wildman–Crippen MR) is 115 cm³/mol. The number of aromatic nitrogens is 1. The van der Waals surface area contributed by atoms with Gasteiger partial charge in [-0.2, -0.15) is 0 Å². The second-order valence-corrected chi connectivity index (χ2v) is 8.68. The molecule has 5 rings (SSSR count). The van der Waals surface area contributed by atoms with E-state index in [1.807, 2.05) is 18.2 Å². The summed E-state index contributed by atoms with van der Waals surface area (Å²) in [5, 5.41) is 10.9. The molecule has 2 aromatic carbocycles. The molecule has 3 heterocycles. The highest BCUT2D eigenvalue weighted by atomic mass is 32.1. The van der Waals surface area contributed by atoms with Crippen LogP contribution in [0.2, 0.25) is 0 Å². The number of ether oxygens (including phenoxy) is 2. The lowest BCUT2D eigenvalue weighted by Gasteiger charge is -2.44. The maximum Gasteiger partial charge on any atom is 0.317 e. The number of non-ortho nitro benzene ring substituents is 1. The zero-order chi connectivity index (χ0) is 22.6. The minimum Gasteiger partial charge on any atom is -0.469 e. The molecule has 1 aromatic heterocycles. The van der Waals surface area contributed by atoms with Crippen molar-refractivity contribution in [2.45, 2.75) is 18.7 Å². The fraction of sp³-hybridized carbons (Fsp3) is 0.227. The Balaban J connectivity index is 1.73. The van der Waals surface area contributed by atoms with E-state index in [9.17, 15) is 19.7 Å². The number of hydrogen-bond acceptors (Lipinski definition) is 8. The van der Waals surface area contributed by atoms with E-state index in [-0.39, 0.29) is 11.2 Å². The molecule has 9 nitrogen and oxygen atoms in total. The smallest absolute Gasteiger partial charge is 0.317 e. The monoisotopic (exact) mass is 451 g/mol. The number of carbonyl (C=O) groups is 1. The van der Waals surface area contributed by atoms with Gasteiger partial charge >= 0.3 is 5.97 Å². The number of para-hydroxylation sites is 1. The number of esters is 1. The van der Waals surface area contributed by atoms with Crippen LogP contribution in [-0.2, 0) is 9.53 Å². The van der Waals surface area contributed by atoms with Crippen LogP contribution in [0.25, 0.3) is 6.08 Å². The number of rotatable bonds is 3. The van der Waals surface area contributed by atoms with Gasteiger partial charge in [0.05, 0.1) is 22.6 Å². The number of carbonyl (C=O) groups excluding carboxylic acids is 1. The maximum absolute atomic E-state index is 13.4. The molecule has 3 atom stereocenters. The van der Waals surface area contributed by atoms with Gasteiger partial charge in [0.15, 0.2) is 4.80 Å². The molecule has 0 saturated carbocycles. The largest absolute Gasteiger partial charge is 0.469 e. The molecule has 0 saturated heterocycles. The zero-order valence-electron chi connectivity index (χ0n) is 17.1. The van der Waals surface area contributed by atoms with Gasteiger partial charge in [-0.3, -0.25) is 24.3 Å². The van der Waals surface area contributed by atoms with Crippen molar-refractivity contribution in [1.29, 1.82) is 0 Å². The number of nitro benzene ring substituents is 1. The van der Waals surface area contributed by atoms with Crippen LogP contribution in [0.5, 0.6) is 5.75 Å². The van der Waals surface area contributed by atoms with Crippen LogP contribution in [0.4, 0.5) is 5.69 Å². The van der Waals surface area contributed by atoms with Crippen molar-refractivity contribution >= 4 is 29.1 Å². The van der Waals surface area contributed by atoms with Crippen molar-refractivity contribution < 1.29 is 19.2 Å². The highest BCUT2D eigenvalue weighted by Crippen LogP contribution is 2.47. The van der Waals surface area contributed by atoms with Crippen LogP contribution in [-0.4, -0.2) is 28.3 Å². The van der Waals surface area contributed by atoms with Crippen molar-refractivity contribution in [1.82, 2.24) is 4.57 Å². The van der Waals surface area contributed by atoms with Crippen LogP contribution in [0.1, 0.15) is 24.1 Å². The molecular weight excluding hydrogens is 434 g/mol. The summed E-state index contributed by atoms with van der Waals surface area (Å²) in [6, 6.07) is 12.5. The maximum atomic E-state index is 13.4. The molecule has 0 spiro atoms. The zero-order valence-corrected chi connectivity index (χ0v) is 17.9. The molecular formula is C22H17N3O6S. The van der Waals surface area contributed by atoms with E-state index in [1.54, 1.807) is 31.2 Å². The minimum atomic E-state index is -1.23. The summed E-state index contributed by atoms with van der Waals surface area (Å²) >= 11 is 1.18. The van der Waals surface area contributed by atoms with Gasteiger partial charge in [0.25, 0.3) is 11.2 Å². The SMILES string of the molecule is COC(=O)C1C2c3ccccc3O[C@]1(C)N=c1s/c(=C/c3ccc([N+](=O)[O-])cc3)c(=O)n12. The van der Waals surface area contributed by atoms with Gasteiger partial charge < -0.3 is 9.47 Å². The minimum absolute atomic E-state index is 0.0317. The Kier molecular flexibility index (Phi) is 4.48. The number of hydrogen-bond donors (Lipinski definition) is 0. The van der Waals surface area contributed by atoms with Crippen LogP contribution in [0, 0.1) is 16.0 Å². The first-order valence-corrected chi connectivity index (χ1v) is 10.6. The summed E-state index contributed by atoms with van der Waals surface area (Å²) in [4.78, 5) is 41.7. The fourth-order valence-corrected chi connectivity index (χ4v) is 5.37. The average molecular weight is 451 g/mol. The molecule has 2 aliphatic rings. The Morgan fingerprint density at radius 3 is 2.69 bits per heavy atom. The van der Waals surface area contributed by atoms with Gasteiger partial charge in [-0.1, -0.05) is 29.5 Å². The normalized spacial score (nSPS) is 23.4. The van der Waals surface area contributed by atoms with Gasteiger partial charge in [0.1, 0.15) is 11.7 Å². The fourth-order valence-electron chi connectivity index (χ4n) is 4.27. The Morgan fingerprint density at radius 1 is 1.28 bits per heavy atom. The second-order valence-electron chi connectivity index (χ2n) is 7.67. The van der Waals surface area contributed by atoms with E-state index in [1.165, 1.54) is 35.1 Å². The van der Waals surface area contributed by atoms with Crippen molar-refractivity contribution in [3.63, 3.8) is 0 Å². The van der Waals surface area contributed by atoms with Gasteiger partial charge in [0, 0.05) is 17.7 Å². The van der Waals surface area contributed by atoms with Gasteiger partial charge in [-0.15, -0.1) is 0 Å².